The van der Waals surface area contributed by atoms with Gasteiger partial charge in [-0.15, -0.1) is 0 Å². The molecule has 1 N–H and O–H groups in total. The molecule has 0 spiro atoms. The van der Waals surface area contributed by atoms with Gasteiger partial charge in [-0.3, -0.25) is 0 Å². The average molecular weight is 362 g/mol. The first-order valence-electron chi connectivity index (χ1n) is 6.47. The van der Waals surface area contributed by atoms with Crippen LogP contribution in [0, 0.1) is 0 Å². The van der Waals surface area contributed by atoms with Crippen molar-refractivity contribution in [2.45, 2.75) is 0 Å². The van der Waals surface area contributed by atoms with E-state index in [2.05, 4.69) is 13.3 Å². The summed E-state index contributed by atoms with van der Waals surface area (Å²) >= 11 is -0.132. The zero-order chi connectivity index (χ0) is 15.5. The van der Waals surface area contributed by atoms with Crippen molar-refractivity contribution in [1.29, 1.82) is 0 Å². The standard InChI is InChI=1S/C15H13N3O3Se/c1-20-12-7-6-9(8-13(12)21-2)15(19)16-10-4-3-5-11-14(10)18-22-17-11/h3-8H,1-2H3,(H,16,19). The summed E-state index contributed by atoms with van der Waals surface area (Å²) in [6.07, 6.45) is 0. The number of benzene rings is 2. The molecule has 7 heteroatoms. The van der Waals surface area contributed by atoms with Gasteiger partial charge in [0, 0.05) is 0 Å². The molecule has 0 radical (unpaired) electrons. The molecule has 0 saturated heterocycles. The van der Waals surface area contributed by atoms with Crippen molar-refractivity contribution in [2.75, 3.05) is 19.5 Å². The minimum absolute atomic E-state index is 0.132. The number of methoxy groups -OCH3 is 2. The first-order chi connectivity index (χ1) is 10.7. The quantitative estimate of drug-likeness (QED) is 0.719. The van der Waals surface area contributed by atoms with Gasteiger partial charge in [-0.25, -0.2) is 0 Å². The van der Waals surface area contributed by atoms with E-state index in [9.17, 15) is 4.79 Å². The summed E-state index contributed by atoms with van der Waals surface area (Å²) in [7, 11) is 3.09. The van der Waals surface area contributed by atoms with E-state index in [0.717, 1.165) is 11.0 Å². The number of aromatic nitrogens is 2. The molecular formula is C15H13N3O3Se. The second-order valence-electron chi connectivity index (χ2n) is 4.46. The summed E-state index contributed by atoms with van der Waals surface area (Å²) in [6, 6.07) is 10.6. The van der Waals surface area contributed by atoms with Crippen molar-refractivity contribution in [2.24, 2.45) is 0 Å². The normalized spacial score (nSPS) is 10.5. The predicted molar refractivity (Wildman–Crippen MR) is 84.0 cm³/mol. The first-order valence-corrected chi connectivity index (χ1v) is 8.01. The molecule has 1 amide bonds. The van der Waals surface area contributed by atoms with Crippen molar-refractivity contribution in [1.82, 2.24) is 7.96 Å². The fraction of sp³-hybridized carbons (Fsp3) is 0.133. The van der Waals surface area contributed by atoms with Crippen molar-refractivity contribution in [3.8, 4) is 11.5 Å². The molecule has 3 rings (SSSR count). The Morgan fingerprint density at radius 2 is 1.91 bits per heavy atom. The molecule has 6 nitrogen and oxygen atoms in total. The molecule has 0 fully saturated rings. The second kappa shape index (κ2) is 6.17. The Kier molecular flexibility index (Phi) is 4.09. The van der Waals surface area contributed by atoms with E-state index >= 15 is 0 Å². The molecule has 0 aliphatic heterocycles. The van der Waals surface area contributed by atoms with Crippen LogP contribution >= 0.6 is 0 Å². The summed E-state index contributed by atoms with van der Waals surface area (Å²) in [4.78, 5) is 12.4. The van der Waals surface area contributed by atoms with Crippen molar-refractivity contribution >= 4 is 37.6 Å². The van der Waals surface area contributed by atoms with Gasteiger partial charge in [-0.1, -0.05) is 0 Å². The number of hydrogen-bond acceptors (Lipinski definition) is 5. The Labute approximate surface area is 133 Å². The van der Waals surface area contributed by atoms with Gasteiger partial charge in [0.25, 0.3) is 0 Å². The van der Waals surface area contributed by atoms with E-state index in [1.165, 1.54) is 7.11 Å². The number of fused-ring (bicyclic) bond motifs is 1. The van der Waals surface area contributed by atoms with E-state index in [4.69, 9.17) is 9.47 Å². The van der Waals surface area contributed by atoms with Crippen LogP contribution in [0.2, 0.25) is 0 Å². The second-order valence-corrected chi connectivity index (χ2v) is 5.57. The Morgan fingerprint density at radius 1 is 1.09 bits per heavy atom. The Hall–Kier alpha value is -2.37. The third-order valence-electron chi connectivity index (χ3n) is 3.18. The van der Waals surface area contributed by atoms with Crippen molar-refractivity contribution in [3.05, 3.63) is 42.0 Å². The molecular weight excluding hydrogens is 349 g/mol. The number of anilines is 1. The number of carbonyl (C=O) groups excluding carboxylic acids is 1. The van der Waals surface area contributed by atoms with E-state index in [-0.39, 0.29) is 20.9 Å². The van der Waals surface area contributed by atoms with Crippen LogP contribution < -0.4 is 14.8 Å². The van der Waals surface area contributed by atoms with Crippen LogP contribution in [0.25, 0.3) is 11.0 Å². The number of hydrogen-bond donors (Lipinski definition) is 1. The summed E-state index contributed by atoms with van der Waals surface area (Å²) in [6.45, 7) is 0. The van der Waals surface area contributed by atoms with Crippen LogP contribution in [-0.2, 0) is 0 Å². The number of nitrogens with zero attached hydrogens (tertiary/aromatic N) is 2. The zero-order valence-electron chi connectivity index (χ0n) is 12.0. The van der Waals surface area contributed by atoms with Crippen LogP contribution in [0.3, 0.4) is 0 Å². The molecule has 0 saturated carbocycles. The predicted octanol–water partition coefficient (Wildman–Crippen LogP) is 1.96. The molecule has 112 valence electrons. The number of rotatable bonds is 4. The van der Waals surface area contributed by atoms with Gasteiger partial charge in [0.2, 0.25) is 0 Å². The van der Waals surface area contributed by atoms with Gasteiger partial charge < -0.3 is 0 Å². The zero-order valence-corrected chi connectivity index (χ0v) is 13.7. The molecule has 1 heterocycles. The topological polar surface area (TPSA) is 73.3 Å². The molecule has 0 bridgehead atoms. The van der Waals surface area contributed by atoms with Gasteiger partial charge in [0.1, 0.15) is 0 Å². The number of amides is 1. The Balaban J connectivity index is 1.90. The summed E-state index contributed by atoms with van der Waals surface area (Å²) < 4.78 is 19.0. The number of nitrogens with one attached hydrogen (secondary N) is 1. The van der Waals surface area contributed by atoms with Gasteiger partial charge in [-0.2, -0.15) is 0 Å². The van der Waals surface area contributed by atoms with E-state index in [1.807, 2.05) is 18.2 Å². The number of ether oxygens (including phenoxy) is 2. The number of carbonyl (C=O) groups is 1. The monoisotopic (exact) mass is 363 g/mol. The molecule has 3 aromatic rings. The molecule has 2 aromatic carbocycles. The SMILES string of the molecule is COc1ccc(C(=O)Nc2cccc3n[se]nc23)cc1OC. The Morgan fingerprint density at radius 3 is 2.68 bits per heavy atom. The van der Waals surface area contributed by atoms with Gasteiger partial charge >= 0.3 is 133 Å². The van der Waals surface area contributed by atoms with Crippen molar-refractivity contribution < 1.29 is 14.3 Å². The van der Waals surface area contributed by atoms with E-state index in [1.54, 1.807) is 25.3 Å². The molecule has 0 atom stereocenters. The van der Waals surface area contributed by atoms with Crippen LogP contribution in [0.1, 0.15) is 10.4 Å². The molecule has 22 heavy (non-hydrogen) atoms. The average Bonchev–Trinajstić information content (AvgIpc) is 3.03. The summed E-state index contributed by atoms with van der Waals surface area (Å²) in [5.41, 5.74) is 2.72. The molecule has 0 aliphatic rings. The summed E-state index contributed by atoms with van der Waals surface area (Å²) in [5.74, 6) is 0.858. The minimum atomic E-state index is -0.232. The van der Waals surface area contributed by atoms with Crippen LogP contribution in [0.5, 0.6) is 11.5 Å². The van der Waals surface area contributed by atoms with Crippen LogP contribution in [0.15, 0.2) is 36.4 Å². The maximum absolute atomic E-state index is 12.4. The summed E-state index contributed by atoms with van der Waals surface area (Å²) in [5, 5.41) is 2.87. The first kappa shape index (κ1) is 14.6. The third-order valence-corrected chi connectivity index (χ3v) is 4.32. The Bertz CT molecular complexity index is 832. The van der Waals surface area contributed by atoms with Crippen LogP contribution in [-0.4, -0.2) is 43.0 Å². The van der Waals surface area contributed by atoms with Gasteiger partial charge in [-0.05, 0) is 0 Å². The molecule has 0 aliphatic carbocycles. The van der Waals surface area contributed by atoms with Gasteiger partial charge in [0.15, 0.2) is 0 Å². The molecule has 1 aromatic heterocycles. The van der Waals surface area contributed by atoms with Crippen molar-refractivity contribution in [3.63, 3.8) is 0 Å². The fourth-order valence-corrected chi connectivity index (χ4v) is 3.23. The van der Waals surface area contributed by atoms with E-state index < -0.39 is 0 Å². The maximum atomic E-state index is 12.4. The third kappa shape index (κ3) is 2.68. The van der Waals surface area contributed by atoms with E-state index in [0.29, 0.717) is 22.7 Å². The molecule has 0 unspecified atom stereocenters. The fourth-order valence-electron chi connectivity index (χ4n) is 2.08. The van der Waals surface area contributed by atoms with Crippen LogP contribution in [0.4, 0.5) is 5.69 Å². The van der Waals surface area contributed by atoms with Gasteiger partial charge in [0.05, 0.1) is 0 Å².